The van der Waals surface area contributed by atoms with Crippen LogP contribution in [0.25, 0.3) is 4.96 Å². The first kappa shape index (κ1) is 13.2. The van der Waals surface area contributed by atoms with Crippen LogP contribution >= 0.6 is 23.1 Å². The van der Waals surface area contributed by atoms with E-state index in [2.05, 4.69) is 25.6 Å². The third-order valence-electron chi connectivity index (χ3n) is 2.57. The molecule has 0 radical (unpaired) electrons. The summed E-state index contributed by atoms with van der Waals surface area (Å²) in [7, 11) is 1.77. The fourth-order valence-electron chi connectivity index (χ4n) is 1.59. The van der Waals surface area contributed by atoms with E-state index in [-0.39, 0.29) is 5.56 Å². The molecule has 0 aliphatic rings. The number of aromatic nitrogens is 7. The third kappa shape index (κ3) is 2.43. The van der Waals surface area contributed by atoms with Crippen LogP contribution in [0.3, 0.4) is 0 Å². The Bertz CT molecular complexity index is 805. The highest BCUT2D eigenvalue weighted by Crippen LogP contribution is 2.19. The monoisotopic (exact) mass is 309 g/mol. The van der Waals surface area contributed by atoms with Crippen LogP contribution < -0.4 is 5.56 Å². The van der Waals surface area contributed by atoms with Gasteiger partial charge in [-0.3, -0.25) is 4.79 Å². The Morgan fingerprint density at radius 1 is 1.45 bits per heavy atom. The summed E-state index contributed by atoms with van der Waals surface area (Å²) in [5.41, 5.74) is 0.548. The summed E-state index contributed by atoms with van der Waals surface area (Å²) in [5, 5.41) is 17.0. The zero-order valence-corrected chi connectivity index (χ0v) is 12.5. The van der Waals surface area contributed by atoms with Crippen molar-refractivity contribution < 1.29 is 0 Å². The molecule has 3 aromatic rings. The molecule has 0 atom stereocenters. The molecule has 3 rings (SSSR count). The number of hydrogen-bond donors (Lipinski definition) is 0. The van der Waals surface area contributed by atoms with Crippen LogP contribution in [0, 0.1) is 0 Å². The molecule has 0 unspecified atom stereocenters. The lowest BCUT2D eigenvalue weighted by molar-refractivity contribution is 0.664. The van der Waals surface area contributed by atoms with Crippen LogP contribution in [0.2, 0.25) is 0 Å². The van der Waals surface area contributed by atoms with Gasteiger partial charge in [0.05, 0.1) is 5.69 Å². The molecule has 0 N–H and O–H groups in total. The second-order valence-corrected chi connectivity index (χ2v) is 5.99. The minimum absolute atomic E-state index is 0.155. The van der Waals surface area contributed by atoms with Gasteiger partial charge >= 0.3 is 0 Å². The van der Waals surface area contributed by atoms with Crippen LogP contribution in [-0.2, 0) is 19.2 Å². The van der Waals surface area contributed by atoms with Gasteiger partial charge in [-0.2, -0.15) is 9.61 Å². The summed E-state index contributed by atoms with van der Waals surface area (Å²) >= 11 is 2.88. The summed E-state index contributed by atoms with van der Waals surface area (Å²) < 4.78 is 2.93. The van der Waals surface area contributed by atoms with E-state index in [9.17, 15) is 4.79 Å². The van der Waals surface area contributed by atoms with Gasteiger partial charge in [-0.25, -0.2) is 9.67 Å². The first-order valence-electron chi connectivity index (χ1n) is 5.91. The van der Waals surface area contributed by atoms with Crippen LogP contribution in [0.4, 0.5) is 0 Å². The average Bonchev–Trinajstić information content (AvgIpc) is 3.02. The van der Waals surface area contributed by atoms with Gasteiger partial charge in [0, 0.05) is 18.9 Å². The van der Waals surface area contributed by atoms with Crippen molar-refractivity contribution in [3.8, 4) is 0 Å². The Kier molecular flexibility index (Phi) is 3.49. The second kappa shape index (κ2) is 5.29. The quantitative estimate of drug-likeness (QED) is 0.649. The molecule has 0 spiro atoms. The normalized spacial score (nSPS) is 11.3. The lowest BCUT2D eigenvalue weighted by Crippen LogP contribution is -2.15. The SMILES string of the molecule is CCc1nn2c(=O)cc(CSc3nnnn3C)nc2s1. The van der Waals surface area contributed by atoms with Crippen molar-refractivity contribution in [1.29, 1.82) is 0 Å². The molecule has 3 heterocycles. The number of nitrogens with zero attached hydrogens (tertiary/aromatic N) is 7. The molecule has 0 bridgehead atoms. The van der Waals surface area contributed by atoms with Crippen molar-refractivity contribution in [3.05, 3.63) is 27.1 Å². The van der Waals surface area contributed by atoms with Gasteiger partial charge in [0.1, 0.15) is 5.01 Å². The van der Waals surface area contributed by atoms with Gasteiger partial charge < -0.3 is 0 Å². The second-order valence-electron chi connectivity index (χ2n) is 4.00. The lowest BCUT2D eigenvalue weighted by atomic mass is 10.4. The number of tetrazole rings is 1. The maximum absolute atomic E-state index is 12.0. The molecule has 0 aliphatic heterocycles. The minimum Gasteiger partial charge on any atom is -0.267 e. The van der Waals surface area contributed by atoms with E-state index < -0.39 is 0 Å². The lowest BCUT2D eigenvalue weighted by Gasteiger charge is -1.99. The smallest absolute Gasteiger partial charge is 0.267 e. The Balaban J connectivity index is 1.88. The highest BCUT2D eigenvalue weighted by Gasteiger charge is 2.10. The summed E-state index contributed by atoms with van der Waals surface area (Å²) in [5.74, 6) is 0.541. The molecule has 0 fully saturated rings. The van der Waals surface area contributed by atoms with Gasteiger partial charge in [-0.1, -0.05) is 30.0 Å². The van der Waals surface area contributed by atoms with Gasteiger partial charge in [0.15, 0.2) is 0 Å². The fraction of sp³-hybridized carbons (Fsp3) is 0.400. The zero-order chi connectivity index (χ0) is 14.1. The molecule has 0 saturated carbocycles. The Hall–Kier alpha value is -1.81. The largest absolute Gasteiger partial charge is 0.275 e. The van der Waals surface area contributed by atoms with Crippen molar-refractivity contribution >= 4 is 28.1 Å². The molecule has 0 amide bonds. The van der Waals surface area contributed by atoms with Crippen LogP contribution in [-0.4, -0.2) is 34.8 Å². The molecule has 0 aromatic carbocycles. The van der Waals surface area contributed by atoms with Crippen LogP contribution in [0.5, 0.6) is 0 Å². The van der Waals surface area contributed by atoms with E-state index in [0.717, 1.165) is 11.4 Å². The van der Waals surface area contributed by atoms with E-state index in [1.54, 1.807) is 11.7 Å². The van der Waals surface area contributed by atoms with E-state index in [1.165, 1.54) is 33.7 Å². The first-order chi connectivity index (χ1) is 9.67. The Morgan fingerprint density at radius 2 is 2.30 bits per heavy atom. The third-order valence-corrected chi connectivity index (χ3v) is 4.67. The molecule has 0 aliphatic carbocycles. The number of rotatable bonds is 4. The van der Waals surface area contributed by atoms with Gasteiger partial charge in [0.25, 0.3) is 5.56 Å². The molecule has 3 aromatic heterocycles. The van der Waals surface area contributed by atoms with Crippen molar-refractivity contribution in [2.75, 3.05) is 0 Å². The standard InChI is InChI=1S/C10H11N7OS2/c1-3-7-13-17-8(18)4-6(11-9(17)20-7)5-19-10-12-14-15-16(10)2/h4H,3,5H2,1-2H3. The predicted molar refractivity (Wildman–Crippen MR) is 74.9 cm³/mol. The Morgan fingerprint density at radius 3 is 3.00 bits per heavy atom. The van der Waals surface area contributed by atoms with Crippen molar-refractivity contribution in [2.45, 2.75) is 24.3 Å². The highest BCUT2D eigenvalue weighted by molar-refractivity contribution is 7.98. The molecule has 104 valence electrons. The van der Waals surface area contributed by atoms with Gasteiger partial charge in [-0.05, 0) is 16.8 Å². The summed E-state index contributed by atoms with van der Waals surface area (Å²) in [4.78, 5) is 17.0. The summed E-state index contributed by atoms with van der Waals surface area (Å²) in [6.45, 7) is 2.00. The fourth-order valence-corrected chi connectivity index (χ4v) is 3.19. The molecular formula is C10H11N7OS2. The predicted octanol–water partition coefficient (Wildman–Crippen LogP) is 0.529. The number of aryl methyl sites for hydroxylation is 2. The highest BCUT2D eigenvalue weighted by atomic mass is 32.2. The summed E-state index contributed by atoms with van der Waals surface area (Å²) in [6.07, 6.45) is 0.794. The molecule has 0 saturated heterocycles. The van der Waals surface area contributed by atoms with E-state index in [0.29, 0.717) is 21.6 Å². The van der Waals surface area contributed by atoms with Crippen molar-refractivity contribution in [3.63, 3.8) is 0 Å². The van der Waals surface area contributed by atoms with Crippen molar-refractivity contribution in [2.24, 2.45) is 7.05 Å². The average molecular weight is 309 g/mol. The van der Waals surface area contributed by atoms with E-state index in [1.807, 2.05) is 6.92 Å². The van der Waals surface area contributed by atoms with Gasteiger partial charge in [-0.15, -0.1) is 5.10 Å². The van der Waals surface area contributed by atoms with Crippen molar-refractivity contribution in [1.82, 2.24) is 34.8 Å². The number of fused-ring (bicyclic) bond motifs is 1. The number of thioether (sulfide) groups is 1. The molecule has 20 heavy (non-hydrogen) atoms. The molecule has 10 heteroatoms. The first-order valence-corrected chi connectivity index (χ1v) is 7.71. The Labute approximate surface area is 121 Å². The zero-order valence-electron chi connectivity index (χ0n) is 10.8. The topological polar surface area (TPSA) is 90.9 Å². The van der Waals surface area contributed by atoms with E-state index >= 15 is 0 Å². The maximum atomic E-state index is 12.0. The molecule has 8 nitrogen and oxygen atoms in total. The van der Waals surface area contributed by atoms with Crippen LogP contribution in [0.15, 0.2) is 16.0 Å². The molecular weight excluding hydrogens is 298 g/mol. The number of hydrogen-bond acceptors (Lipinski definition) is 8. The van der Waals surface area contributed by atoms with E-state index in [4.69, 9.17) is 0 Å². The van der Waals surface area contributed by atoms with Gasteiger partial charge in [0.2, 0.25) is 10.1 Å². The maximum Gasteiger partial charge on any atom is 0.275 e. The minimum atomic E-state index is -0.155. The summed E-state index contributed by atoms with van der Waals surface area (Å²) in [6, 6.07) is 1.50. The van der Waals surface area contributed by atoms with Crippen LogP contribution in [0.1, 0.15) is 17.6 Å².